The van der Waals surface area contributed by atoms with Crippen LogP contribution in [0.1, 0.15) is 58.6 Å². The number of allylic oxidation sites excluding steroid dienone is 3. The Balaban J connectivity index is 1.92. The summed E-state index contributed by atoms with van der Waals surface area (Å²) in [6.07, 6.45) is 9.06. The summed E-state index contributed by atoms with van der Waals surface area (Å²) < 4.78 is 5.88. The summed E-state index contributed by atoms with van der Waals surface area (Å²) in [4.78, 5) is 32.8. The number of aromatic nitrogens is 1. The molecule has 1 saturated heterocycles. The number of likely N-dealkylation sites (N-methyl/N-ethyl adjacent to an activating group) is 1. The smallest absolute Gasteiger partial charge is 0.407 e. The number of carbonyl (C=O) groups is 2. The molecule has 3 N–H and O–H groups in total. The van der Waals surface area contributed by atoms with Gasteiger partial charge in [0.05, 0.1) is 24.2 Å². The fraction of sp³-hybridized carbons (Fsp3) is 0.581. The lowest BCUT2D eigenvalue weighted by atomic mass is 9.77. The number of carbonyl (C=O) groups excluding carboxylic acids is 1. The Bertz CT molecular complexity index is 1090. The van der Waals surface area contributed by atoms with Crippen LogP contribution >= 0.6 is 0 Å². The Morgan fingerprint density at radius 2 is 2.02 bits per heavy atom. The number of hydrogen-bond acceptors (Lipinski definition) is 7. The van der Waals surface area contributed by atoms with Gasteiger partial charge >= 0.3 is 12.1 Å². The fourth-order valence-electron chi connectivity index (χ4n) is 5.58. The van der Waals surface area contributed by atoms with Crippen molar-refractivity contribution in [2.45, 2.75) is 76.7 Å². The van der Waals surface area contributed by atoms with E-state index in [0.29, 0.717) is 19.6 Å². The Hall–Kier alpha value is -3.01. The highest BCUT2D eigenvalue weighted by atomic mass is 16.5. The lowest BCUT2D eigenvalue weighted by Crippen LogP contribution is -2.60. The van der Waals surface area contributed by atoms with Gasteiger partial charge in [0, 0.05) is 49.3 Å². The standard InChI is InChI=1S/C31H45N3O6/c1-21(26-11-6-7-16-32-26)9-8-10-22(2)29-23(3)12-13-25(27-20-33(5)17-18-34(27)30(37)38)31(4,39)15-14-24(35)19-28(36)40-29/h6-13,16,21,23-25,27,29,35,39H,14-15,17-20H2,1-5H3,(H,37,38)/b9-8+,13-12+,22-10+/t21-,23+,24-,25+,27?,29-,31-/m1/s1. The van der Waals surface area contributed by atoms with Crippen LogP contribution in [0.3, 0.4) is 0 Å². The molecule has 0 aromatic carbocycles. The highest BCUT2D eigenvalue weighted by molar-refractivity contribution is 5.70. The van der Waals surface area contributed by atoms with Gasteiger partial charge in [0.25, 0.3) is 0 Å². The molecule has 1 fully saturated rings. The third-order valence-electron chi connectivity index (χ3n) is 8.11. The summed E-state index contributed by atoms with van der Waals surface area (Å²) in [6.45, 7) is 9.02. The molecule has 7 atom stereocenters. The molecule has 2 aliphatic rings. The molecule has 1 amide bonds. The molecule has 40 heavy (non-hydrogen) atoms. The van der Waals surface area contributed by atoms with Gasteiger partial charge in [-0.15, -0.1) is 0 Å². The first-order chi connectivity index (χ1) is 18.9. The van der Waals surface area contributed by atoms with Crippen molar-refractivity contribution in [2.24, 2.45) is 11.8 Å². The second-order valence-corrected chi connectivity index (χ2v) is 11.6. The number of esters is 1. The van der Waals surface area contributed by atoms with E-state index >= 15 is 0 Å². The third-order valence-corrected chi connectivity index (χ3v) is 8.11. The number of aliphatic hydroxyl groups excluding tert-OH is 1. The number of hydrogen-bond donors (Lipinski definition) is 3. The minimum atomic E-state index is -1.30. The number of rotatable bonds is 5. The van der Waals surface area contributed by atoms with E-state index in [2.05, 4.69) is 16.8 Å². The van der Waals surface area contributed by atoms with Crippen LogP contribution in [-0.4, -0.2) is 92.7 Å². The van der Waals surface area contributed by atoms with E-state index in [-0.39, 0.29) is 31.1 Å². The predicted molar refractivity (Wildman–Crippen MR) is 154 cm³/mol. The highest BCUT2D eigenvalue weighted by Gasteiger charge is 2.43. The number of piperazine rings is 1. The van der Waals surface area contributed by atoms with Gasteiger partial charge in [-0.1, -0.05) is 50.3 Å². The number of carboxylic acid groups (broad SMARTS) is 1. The van der Waals surface area contributed by atoms with E-state index in [4.69, 9.17) is 4.74 Å². The van der Waals surface area contributed by atoms with Crippen LogP contribution in [0.25, 0.3) is 0 Å². The molecule has 0 spiro atoms. The van der Waals surface area contributed by atoms with Crippen molar-refractivity contribution >= 4 is 12.1 Å². The van der Waals surface area contributed by atoms with Gasteiger partial charge in [-0.05, 0) is 51.4 Å². The average Bonchev–Trinajstić information content (AvgIpc) is 2.90. The SMILES string of the molecule is C/C(=C\C=C\[C@@H](C)c1ccccn1)[C@H]1OC(=O)C[C@H](O)CC[C@@](C)(O)[C@H](C2CN(C)CCN2C(=O)O)/C=C/[C@@H]1C. The molecule has 9 nitrogen and oxygen atoms in total. The van der Waals surface area contributed by atoms with Crippen LogP contribution in [0.5, 0.6) is 0 Å². The summed E-state index contributed by atoms with van der Waals surface area (Å²) in [7, 11) is 1.94. The zero-order valence-electron chi connectivity index (χ0n) is 24.3. The normalized spacial score (nSPS) is 33.1. The van der Waals surface area contributed by atoms with Crippen molar-refractivity contribution in [1.82, 2.24) is 14.8 Å². The molecular formula is C31H45N3O6. The molecule has 2 aliphatic heterocycles. The summed E-state index contributed by atoms with van der Waals surface area (Å²) in [5.74, 6) is -1.19. The number of aliphatic hydroxyl groups is 2. The minimum absolute atomic E-state index is 0.102. The molecule has 1 aromatic rings. The maximum Gasteiger partial charge on any atom is 0.407 e. The first-order valence-corrected chi connectivity index (χ1v) is 14.1. The van der Waals surface area contributed by atoms with Gasteiger partial charge in [0.15, 0.2) is 0 Å². The molecule has 0 bridgehead atoms. The van der Waals surface area contributed by atoms with E-state index in [1.807, 2.05) is 69.5 Å². The number of cyclic esters (lactones) is 1. The Morgan fingerprint density at radius 3 is 2.70 bits per heavy atom. The molecule has 1 aromatic heterocycles. The second-order valence-electron chi connectivity index (χ2n) is 11.6. The molecular weight excluding hydrogens is 510 g/mol. The molecule has 0 saturated carbocycles. The van der Waals surface area contributed by atoms with Crippen molar-refractivity contribution in [3.8, 4) is 0 Å². The zero-order chi connectivity index (χ0) is 29.4. The monoisotopic (exact) mass is 555 g/mol. The Morgan fingerprint density at radius 1 is 1.27 bits per heavy atom. The van der Waals surface area contributed by atoms with E-state index in [0.717, 1.165) is 11.3 Å². The van der Waals surface area contributed by atoms with E-state index in [1.54, 1.807) is 13.1 Å². The molecule has 1 unspecified atom stereocenters. The number of pyridine rings is 1. The molecule has 9 heteroatoms. The van der Waals surface area contributed by atoms with E-state index in [1.165, 1.54) is 4.90 Å². The molecule has 220 valence electrons. The second kappa shape index (κ2) is 14.1. The molecule has 0 aliphatic carbocycles. The summed E-state index contributed by atoms with van der Waals surface area (Å²) in [5, 5.41) is 32.1. The van der Waals surface area contributed by atoms with Crippen LogP contribution in [0.2, 0.25) is 0 Å². The topological polar surface area (TPSA) is 123 Å². The van der Waals surface area contributed by atoms with Crippen molar-refractivity contribution < 1.29 is 29.6 Å². The van der Waals surface area contributed by atoms with Crippen molar-refractivity contribution in [1.29, 1.82) is 0 Å². The van der Waals surface area contributed by atoms with Crippen LogP contribution in [0.15, 0.2) is 60.3 Å². The largest absolute Gasteiger partial charge is 0.465 e. The average molecular weight is 556 g/mol. The minimum Gasteiger partial charge on any atom is -0.465 e. The van der Waals surface area contributed by atoms with Gasteiger partial charge in [-0.3, -0.25) is 9.78 Å². The Labute approximate surface area is 237 Å². The summed E-state index contributed by atoms with van der Waals surface area (Å²) in [5.41, 5.74) is 0.477. The van der Waals surface area contributed by atoms with Crippen LogP contribution < -0.4 is 0 Å². The lowest BCUT2D eigenvalue weighted by molar-refractivity contribution is -0.151. The van der Waals surface area contributed by atoms with Gasteiger partial charge < -0.3 is 29.9 Å². The van der Waals surface area contributed by atoms with Crippen LogP contribution in [0, 0.1) is 11.8 Å². The maximum absolute atomic E-state index is 12.8. The van der Waals surface area contributed by atoms with Crippen LogP contribution in [-0.2, 0) is 9.53 Å². The van der Waals surface area contributed by atoms with Gasteiger partial charge in [-0.25, -0.2) is 4.79 Å². The number of amides is 1. The predicted octanol–water partition coefficient (Wildman–Crippen LogP) is 4.00. The first-order valence-electron chi connectivity index (χ1n) is 14.1. The molecule has 3 heterocycles. The van der Waals surface area contributed by atoms with Crippen molar-refractivity contribution in [3.05, 3.63) is 66.0 Å². The van der Waals surface area contributed by atoms with Gasteiger partial charge in [0.1, 0.15) is 6.10 Å². The molecule has 3 rings (SSSR count). The first kappa shape index (κ1) is 31.5. The maximum atomic E-state index is 12.8. The zero-order valence-corrected chi connectivity index (χ0v) is 24.3. The quantitative estimate of drug-likeness (QED) is 0.283. The third kappa shape index (κ3) is 8.49. The van der Waals surface area contributed by atoms with Crippen LogP contribution in [0.4, 0.5) is 4.79 Å². The highest BCUT2D eigenvalue weighted by Crippen LogP contribution is 2.34. The Kier molecular flexibility index (Phi) is 11.1. The van der Waals surface area contributed by atoms with E-state index in [9.17, 15) is 24.9 Å². The van der Waals surface area contributed by atoms with Crippen molar-refractivity contribution in [2.75, 3.05) is 26.7 Å². The van der Waals surface area contributed by atoms with Crippen molar-refractivity contribution in [3.63, 3.8) is 0 Å². The molecule has 0 radical (unpaired) electrons. The summed E-state index contributed by atoms with van der Waals surface area (Å²) >= 11 is 0. The number of ether oxygens (including phenoxy) is 1. The number of nitrogens with zero attached hydrogens (tertiary/aromatic N) is 3. The lowest BCUT2D eigenvalue weighted by Gasteiger charge is -2.46. The van der Waals surface area contributed by atoms with Gasteiger partial charge in [0.2, 0.25) is 0 Å². The van der Waals surface area contributed by atoms with Gasteiger partial charge in [-0.2, -0.15) is 0 Å². The summed E-state index contributed by atoms with van der Waals surface area (Å²) in [6, 6.07) is 5.33. The van der Waals surface area contributed by atoms with E-state index < -0.39 is 41.8 Å². The fourth-order valence-corrected chi connectivity index (χ4v) is 5.58.